The van der Waals surface area contributed by atoms with Crippen LogP contribution in [0.3, 0.4) is 0 Å². The van der Waals surface area contributed by atoms with E-state index in [1.165, 1.54) is 0 Å². The number of para-hydroxylation sites is 1. The second kappa shape index (κ2) is 5.51. The van der Waals surface area contributed by atoms with E-state index in [2.05, 4.69) is 10.1 Å². The molecule has 4 rings (SSSR count). The molecular weight excluding hydrogens is 298 g/mol. The number of nitrogens with zero attached hydrogens (tertiary/aromatic N) is 3. The van der Waals surface area contributed by atoms with Gasteiger partial charge in [0.2, 0.25) is 0 Å². The van der Waals surface area contributed by atoms with Crippen LogP contribution in [0.4, 0.5) is 0 Å². The predicted octanol–water partition coefficient (Wildman–Crippen LogP) is 2.34. The Morgan fingerprint density at radius 1 is 1.35 bits per heavy atom. The van der Waals surface area contributed by atoms with Crippen LogP contribution < -0.4 is 0 Å². The van der Waals surface area contributed by atoms with Crippen molar-refractivity contribution in [3.05, 3.63) is 47.8 Å². The van der Waals surface area contributed by atoms with Crippen molar-refractivity contribution in [1.29, 1.82) is 0 Å². The van der Waals surface area contributed by atoms with Crippen molar-refractivity contribution in [2.24, 2.45) is 0 Å². The lowest BCUT2D eigenvalue weighted by Gasteiger charge is -2.32. The van der Waals surface area contributed by atoms with E-state index in [1.807, 2.05) is 24.3 Å². The van der Waals surface area contributed by atoms with Crippen molar-refractivity contribution in [2.45, 2.75) is 13.0 Å². The van der Waals surface area contributed by atoms with Crippen LogP contribution >= 0.6 is 0 Å². The summed E-state index contributed by atoms with van der Waals surface area (Å²) in [5, 5.41) is 4.69. The molecule has 7 nitrogen and oxygen atoms in total. The van der Waals surface area contributed by atoms with Crippen molar-refractivity contribution < 1.29 is 18.5 Å². The number of aromatic nitrogens is 2. The minimum Gasteiger partial charge on any atom is -0.451 e. The molecule has 0 saturated carbocycles. The molecular formula is C16H15N3O4. The summed E-state index contributed by atoms with van der Waals surface area (Å²) in [6, 6.07) is 8.89. The summed E-state index contributed by atoms with van der Waals surface area (Å²) in [5.74, 6) is 1.01. The molecule has 1 fully saturated rings. The van der Waals surface area contributed by atoms with E-state index in [0.717, 1.165) is 5.39 Å². The minimum atomic E-state index is -0.398. The van der Waals surface area contributed by atoms with Crippen LogP contribution in [0, 0.1) is 6.92 Å². The number of rotatable bonds is 2. The van der Waals surface area contributed by atoms with Crippen LogP contribution in [0.15, 0.2) is 39.3 Å². The smallest absolute Gasteiger partial charge is 0.290 e. The zero-order chi connectivity index (χ0) is 15.8. The molecule has 0 unspecified atom stereocenters. The van der Waals surface area contributed by atoms with Gasteiger partial charge in [0.15, 0.2) is 11.6 Å². The van der Waals surface area contributed by atoms with Crippen molar-refractivity contribution in [1.82, 2.24) is 15.0 Å². The number of benzene rings is 1. The second-order valence-corrected chi connectivity index (χ2v) is 5.42. The third-order valence-corrected chi connectivity index (χ3v) is 3.85. The lowest BCUT2D eigenvalue weighted by atomic mass is 10.2. The molecule has 1 aromatic carbocycles. The Morgan fingerprint density at radius 2 is 2.22 bits per heavy atom. The first-order chi connectivity index (χ1) is 11.2. The van der Waals surface area contributed by atoms with Crippen molar-refractivity contribution in [3.63, 3.8) is 0 Å². The van der Waals surface area contributed by atoms with Crippen molar-refractivity contribution in [3.8, 4) is 0 Å². The summed E-state index contributed by atoms with van der Waals surface area (Å²) in [5.41, 5.74) is 0.689. The third kappa shape index (κ3) is 2.49. The van der Waals surface area contributed by atoms with Crippen LogP contribution in [-0.2, 0) is 4.74 Å². The van der Waals surface area contributed by atoms with Crippen LogP contribution in [0.5, 0.6) is 0 Å². The number of carbonyl (C=O) groups excluding carboxylic acids is 1. The number of aryl methyl sites for hydroxylation is 1. The molecule has 7 heteroatoms. The number of hydrogen-bond donors (Lipinski definition) is 0. The summed E-state index contributed by atoms with van der Waals surface area (Å²) in [6.45, 7) is 2.98. The van der Waals surface area contributed by atoms with E-state index < -0.39 is 6.04 Å². The standard InChI is InChI=1S/C16H15N3O4/c1-10-17-15(23-18-10)12-9-21-7-6-19(12)16(20)14-8-11-4-2-3-5-13(11)22-14/h2-5,8,12H,6-7,9H2,1H3/t12-/m1/s1. The van der Waals surface area contributed by atoms with Gasteiger partial charge in [0.25, 0.3) is 11.8 Å². The first-order valence-electron chi connectivity index (χ1n) is 7.40. The number of furan rings is 1. The molecule has 0 bridgehead atoms. The maximum Gasteiger partial charge on any atom is 0.290 e. The lowest BCUT2D eigenvalue weighted by Crippen LogP contribution is -2.43. The maximum atomic E-state index is 12.8. The molecule has 0 aliphatic carbocycles. The van der Waals surface area contributed by atoms with Crippen LogP contribution in [-0.4, -0.2) is 40.7 Å². The number of morpholine rings is 1. The third-order valence-electron chi connectivity index (χ3n) is 3.85. The molecule has 2 aromatic heterocycles. The van der Waals surface area contributed by atoms with E-state index >= 15 is 0 Å². The Hall–Kier alpha value is -2.67. The minimum absolute atomic E-state index is 0.203. The van der Waals surface area contributed by atoms with E-state index in [1.54, 1.807) is 17.9 Å². The predicted molar refractivity (Wildman–Crippen MR) is 79.8 cm³/mol. The number of ether oxygens (including phenoxy) is 1. The maximum absolute atomic E-state index is 12.8. The molecule has 23 heavy (non-hydrogen) atoms. The topological polar surface area (TPSA) is 81.6 Å². The fourth-order valence-corrected chi connectivity index (χ4v) is 2.73. The molecule has 3 heterocycles. The highest BCUT2D eigenvalue weighted by Crippen LogP contribution is 2.27. The number of hydrogen-bond acceptors (Lipinski definition) is 6. The molecule has 1 atom stereocenters. The summed E-state index contributed by atoms with van der Waals surface area (Å²) in [7, 11) is 0. The average Bonchev–Trinajstić information content (AvgIpc) is 3.20. The summed E-state index contributed by atoms with van der Waals surface area (Å²) in [4.78, 5) is 18.7. The van der Waals surface area contributed by atoms with Gasteiger partial charge in [0.05, 0.1) is 13.2 Å². The highest BCUT2D eigenvalue weighted by atomic mass is 16.5. The SMILES string of the molecule is Cc1noc([C@H]2COCCN2C(=O)c2cc3ccccc3o2)n1. The molecule has 1 aliphatic rings. The molecule has 0 radical (unpaired) electrons. The molecule has 1 saturated heterocycles. The normalized spacial score (nSPS) is 18.5. The van der Waals surface area contributed by atoms with E-state index in [9.17, 15) is 4.79 Å². The van der Waals surface area contributed by atoms with Crippen LogP contribution in [0.2, 0.25) is 0 Å². The Kier molecular flexibility index (Phi) is 3.34. The first-order valence-corrected chi connectivity index (χ1v) is 7.40. The van der Waals surface area contributed by atoms with Gasteiger partial charge in [0, 0.05) is 11.9 Å². The Labute approximate surface area is 131 Å². The van der Waals surface area contributed by atoms with Crippen molar-refractivity contribution >= 4 is 16.9 Å². The fourth-order valence-electron chi connectivity index (χ4n) is 2.73. The summed E-state index contributed by atoms with van der Waals surface area (Å²) >= 11 is 0. The summed E-state index contributed by atoms with van der Waals surface area (Å²) in [6.07, 6.45) is 0. The van der Waals surface area contributed by atoms with Gasteiger partial charge in [-0.1, -0.05) is 23.4 Å². The molecule has 1 aliphatic heterocycles. The Balaban J connectivity index is 1.67. The van der Waals surface area contributed by atoms with E-state index in [4.69, 9.17) is 13.7 Å². The quantitative estimate of drug-likeness (QED) is 0.722. The van der Waals surface area contributed by atoms with Gasteiger partial charge in [-0.05, 0) is 19.1 Å². The largest absolute Gasteiger partial charge is 0.451 e. The molecule has 3 aromatic rings. The van der Waals surface area contributed by atoms with Gasteiger partial charge in [0.1, 0.15) is 11.6 Å². The second-order valence-electron chi connectivity index (χ2n) is 5.42. The number of fused-ring (bicyclic) bond motifs is 1. The Bertz CT molecular complexity index is 821. The van der Waals surface area contributed by atoms with Gasteiger partial charge in [-0.15, -0.1) is 0 Å². The zero-order valence-electron chi connectivity index (χ0n) is 12.6. The molecule has 1 amide bonds. The van der Waals surface area contributed by atoms with Crippen LogP contribution in [0.1, 0.15) is 28.3 Å². The number of carbonyl (C=O) groups is 1. The molecule has 0 spiro atoms. The fraction of sp³-hybridized carbons (Fsp3) is 0.312. The van der Waals surface area contributed by atoms with Gasteiger partial charge >= 0.3 is 0 Å². The van der Waals surface area contributed by atoms with Crippen LogP contribution in [0.25, 0.3) is 11.0 Å². The monoisotopic (exact) mass is 313 g/mol. The van der Waals surface area contributed by atoms with Crippen molar-refractivity contribution in [2.75, 3.05) is 19.8 Å². The van der Waals surface area contributed by atoms with Gasteiger partial charge in [-0.2, -0.15) is 4.98 Å². The van der Waals surface area contributed by atoms with Gasteiger partial charge < -0.3 is 18.6 Å². The molecule has 0 N–H and O–H groups in total. The first kappa shape index (κ1) is 14.0. The van der Waals surface area contributed by atoms with E-state index in [-0.39, 0.29) is 5.91 Å². The van der Waals surface area contributed by atoms with E-state index in [0.29, 0.717) is 42.8 Å². The van der Waals surface area contributed by atoms with Gasteiger partial charge in [-0.25, -0.2) is 0 Å². The average molecular weight is 313 g/mol. The lowest BCUT2D eigenvalue weighted by molar-refractivity contribution is -0.0132. The highest BCUT2D eigenvalue weighted by Gasteiger charge is 2.34. The van der Waals surface area contributed by atoms with Gasteiger partial charge in [-0.3, -0.25) is 4.79 Å². The summed E-state index contributed by atoms with van der Waals surface area (Å²) < 4.78 is 16.4. The Morgan fingerprint density at radius 3 is 3.00 bits per heavy atom. The zero-order valence-corrected chi connectivity index (χ0v) is 12.6. The number of amides is 1. The highest BCUT2D eigenvalue weighted by molar-refractivity contribution is 5.96. The molecule has 118 valence electrons.